The van der Waals surface area contributed by atoms with Crippen molar-refractivity contribution in [2.24, 2.45) is 0 Å². The molecule has 0 N–H and O–H groups in total. The van der Waals surface area contributed by atoms with Gasteiger partial charge in [0.1, 0.15) is 17.3 Å². The van der Waals surface area contributed by atoms with Crippen LogP contribution in [-0.2, 0) is 0 Å². The molecule has 112 valence electrons. The summed E-state index contributed by atoms with van der Waals surface area (Å²) in [5, 5.41) is 9.29. The van der Waals surface area contributed by atoms with Gasteiger partial charge in [-0.2, -0.15) is 5.26 Å². The summed E-state index contributed by atoms with van der Waals surface area (Å²) in [4.78, 5) is 0. The Morgan fingerprint density at radius 2 is 1.91 bits per heavy atom. The van der Waals surface area contributed by atoms with Gasteiger partial charge in [0.25, 0.3) is 0 Å². The molecule has 1 heterocycles. The van der Waals surface area contributed by atoms with Crippen molar-refractivity contribution in [3.63, 3.8) is 0 Å². The van der Waals surface area contributed by atoms with Crippen molar-refractivity contribution in [1.82, 2.24) is 0 Å². The van der Waals surface area contributed by atoms with E-state index >= 15 is 0 Å². The first kappa shape index (κ1) is 15.3. The third kappa shape index (κ3) is 3.41. The van der Waals surface area contributed by atoms with E-state index in [1.165, 1.54) is 6.07 Å². The maximum atomic E-state index is 13.8. The van der Waals surface area contributed by atoms with Gasteiger partial charge < -0.3 is 4.42 Å². The summed E-state index contributed by atoms with van der Waals surface area (Å²) in [5.41, 5.74) is 1.40. The molecule has 0 amide bonds. The van der Waals surface area contributed by atoms with Crippen LogP contribution in [0.2, 0.25) is 0 Å². The molecule has 0 bridgehead atoms. The standard InChI is InChI=1S/C19H11BrFNO/c20-15-5-3-4-13(10-15)19-9-8-16(23-19)11-14(12-22)17-6-1-2-7-18(17)21/h1-11H/b14-11-. The molecule has 2 nitrogen and oxygen atoms in total. The summed E-state index contributed by atoms with van der Waals surface area (Å²) in [7, 11) is 0. The highest BCUT2D eigenvalue weighted by Crippen LogP contribution is 2.27. The molecule has 4 heteroatoms. The first-order valence-corrected chi connectivity index (χ1v) is 7.69. The summed E-state index contributed by atoms with van der Waals surface area (Å²) in [6.45, 7) is 0. The number of allylic oxidation sites excluding steroid dienone is 1. The van der Waals surface area contributed by atoms with Gasteiger partial charge in [-0.05, 0) is 36.4 Å². The van der Waals surface area contributed by atoms with Crippen LogP contribution < -0.4 is 0 Å². The lowest BCUT2D eigenvalue weighted by atomic mass is 10.1. The Labute approximate surface area is 141 Å². The van der Waals surface area contributed by atoms with Gasteiger partial charge >= 0.3 is 0 Å². The van der Waals surface area contributed by atoms with Gasteiger partial charge in [-0.3, -0.25) is 0 Å². The largest absolute Gasteiger partial charge is 0.457 e. The predicted octanol–water partition coefficient (Wildman–Crippen LogP) is 5.91. The van der Waals surface area contributed by atoms with Crippen molar-refractivity contribution in [2.45, 2.75) is 0 Å². The molecule has 0 radical (unpaired) electrons. The zero-order chi connectivity index (χ0) is 16.2. The first-order valence-electron chi connectivity index (χ1n) is 6.90. The quantitative estimate of drug-likeness (QED) is 0.539. The van der Waals surface area contributed by atoms with Gasteiger partial charge in [0, 0.05) is 15.6 Å². The van der Waals surface area contributed by atoms with Crippen molar-refractivity contribution < 1.29 is 8.81 Å². The van der Waals surface area contributed by atoms with E-state index < -0.39 is 5.82 Å². The van der Waals surface area contributed by atoms with Gasteiger partial charge in [-0.15, -0.1) is 0 Å². The summed E-state index contributed by atoms with van der Waals surface area (Å²) in [5.74, 6) is 0.752. The second kappa shape index (κ2) is 6.64. The van der Waals surface area contributed by atoms with E-state index in [1.54, 1.807) is 30.3 Å². The van der Waals surface area contributed by atoms with E-state index in [2.05, 4.69) is 15.9 Å². The van der Waals surface area contributed by atoms with E-state index in [1.807, 2.05) is 36.4 Å². The minimum atomic E-state index is -0.431. The SMILES string of the molecule is N#C/C(=C/c1ccc(-c2cccc(Br)c2)o1)c1ccccc1F. The lowest BCUT2D eigenvalue weighted by Crippen LogP contribution is -1.86. The van der Waals surface area contributed by atoms with Crippen LogP contribution in [0.1, 0.15) is 11.3 Å². The Hall–Kier alpha value is -2.64. The second-order valence-corrected chi connectivity index (χ2v) is 5.78. The molecule has 0 saturated carbocycles. The number of furan rings is 1. The highest BCUT2D eigenvalue weighted by Gasteiger charge is 2.09. The molecule has 3 aromatic rings. The Morgan fingerprint density at radius 1 is 1.09 bits per heavy atom. The Kier molecular flexibility index (Phi) is 4.40. The number of rotatable bonds is 3. The van der Waals surface area contributed by atoms with Gasteiger partial charge in [0.15, 0.2) is 0 Å². The van der Waals surface area contributed by atoms with E-state index in [0.717, 1.165) is 10.0 Å². The van der Waals surface area contributed by atoms with E-state index in [9.17, 15) is 9.65 Å². The van der Waals surface area contributed by atoms with Crippen LogP contribution in [0.25, 0.3) is 23.0 Å². The summed E-state index contributed by atoms with van der Waals surface area (Å²) in [6, 6.07) is 19.5. The summed E-state index contributed by atoms with van der Waals surface area (Å²) >= 11 is 3.42. The topological polar surface area (TPSA) is 36.9 Å². The number of benzene rings is 2. The van der Waals surface area contributed by atoms with Crippen molar-refractivity contribution in [2.75, 3.05) is 0 Å². The van der Waals surface area contributed by atoms with E-state index in [-0.39, 0.29) is 11.1 Å². The third-order valence-electron chi connectivity index (χ3n) is 3.31. The van der Waals surface area contributed by atoms with Crippen LogP contribution in [0.15, 0.2) is 69.6 Å². The fourth-order valence-electron chi connectivity index (χ4n) is 2.22. The summed E-state index contributed by atoms with van der Waals surface area (Å²) in [6.07, 6.45) is 1.54. The second-order valence-electron chi connectivity index (χ2n) is 4.86. The lowest BCUT2D eigenvalue weighted by Gasteiger charge is -2.00. The maximum Gasteiger partial charge on any atom is 0.134 e. The highest BCUT2D eigenvalue weighted by molar-refractivity contribution is 9.10. The van der Waals surface area contributed by atoms with Crippen molar-refractivity contribution >= 4 is 27.6 Å². The predicted molar refractivity (Wildman–Crippen MR) is 91.7 cm³/mol. The molecule has 0 fully saturated rings. The minimum absolute atomic E-state index is 0.221. The number of halogens is 2. The molecule has 0 unspecified atom stereocenters. The maximum absolute atomic E-state index is 13.8. The smallest absolute Gasteiger partial charge is 0.134 e. The average molecular weight is 368 g/mol. The average Bonchev–Trinajstić information content (AvgIpc) is 3.02. The van der Waals surface area contributed by atoms with Crippen LogP contribution in [0.3, 0.4) is 0 Å². The Morgan fingerprint density at radius 3 is 2.65 bits per heavy atom. The van der Waals surface area contributed by atoms with Gasteiger partial charge in [0.05, 0.1) is 11.6 Å². The van der Waals surface area contributed by atoms with Crippen LogP contribution in [0.4, 0.5) is 4.39 Å². The summed E-state index contributed by atoms with van der Waals surface area (Å²) < 4.78 is 20.5. The highest BCUT2D eigenvalue weighted by atomic mass is 79.9. The Bertz CT molecular complexity index is 921. The normalized spacial score (nSPS) is 11.3. The minimum Gasteiger partial charge on any atom is -0.457 e. The third-order valence-corrected chi connectivity index (χ3v) is 3.80. The number of nitriles is 1. The van der Waals surface area contributed by atoms with Crippen molar-refractivity contribution in [3.8, 4) is 17.4 Å². The number of hydrogen-bond donors (Lipinski definition) is 0. The van der Waals surface area contributed by atoms with Crippen LogP contribution >= 0.6 is 15.9 Å². The first-order chi connectivity index (χ1) is 11.2. The number of nitrogens with zero attached hydrogens (tertiary/aromatic N) is 1. The van der Waals surface area contributed by atoms with Gasteiger partial charge in [-0.1, -0.05) is 46.3 Å². The van der Waals surface area contributed by atoms with E-state index in [0.29, 0.717) is 11.5 Å². The molecule has 0 aliphatic heterocycles. The zero-order valence-corrected chi connectivity index (χ0v) is 13.5. The molecule has 2 aromatic carbocycles. The number of hydrogen-bond acceptors (Lipinski definition) is 2. The van der Waals surface area contributed by atoms with Crippen molar-refractivity contribution in [3.05, 3.63) is 82.3 Å². The molecular weight excluding hydrogens is 357 g/mol. The van der Waals surface area contributed by atoms with E-state index in [4.69, 9.17) is 4.42 Å². The van der Waals surface area contributed by atoms with Gasteiger partial charge in [-0.25, -0.2) is 4.39 Å². The van der Waals surface area contributed by atoms with Gasteiger partial charge in [0.2, 0.25) is 0 Å². The lowest BCUT2D eigenvalue weighted by molar-refractivity contribution is 0.572. The fraction of sp³-hybridized carbons (Fsp3) is 0. The zero-order valence-electron chi connectivity index (χ0n) is 12.0. The molecule has 1 aromatic heterocycles. The van der Waals surface area contributed by atoms with Crippen LogP contribution in [0, 0.1) is 17.1 Å². The Balaban J connectivity index is 1.97. The fourth-order valence-corrected chi connectivity index (χ4v) is 2.62. The monoisotopic (exact) mass is 367 g/mol. The van der Waals surface area contributed by atoms with Crippen LogP contribution in [0.5, 0.6) is 0 Å². The molecule has 0 saturated heterocycles. The van der Waals surface area contributed by atoms with Crippen LogP contribution in [-0.4, -0.2) is 0 Å². The molecule has 3 rings (SSSR count). The molecular formula is C19H11BrFNO. The van der Waals surface area contributed by atoms with Crippen molar-refractivity contribution in [1.29, 1.82) is 5.26 Å². The molecule has 0 aliphatic carbocycles. The molecule has 23 heavy (non-hydrogen) atoms. The molecule has 0 aliphatic rings. The molecule has 0 spiro atoms. The molecule has 0 atom stereocenters.